The molecule has 0 spiro atoms. The average molecular weight is 360 g/mol. The van der Waals surface area contributed by atoms with Crippen molar-refractivity contribution < 1.29 is 9.84 Å². The van der Waals surface area contributed by atoms with Gasteiger partial charge in [-0.3, -0.25) is 0 Å². The summed E-state index contributed by atoms with van der Waals surface area (Å²) in [5.74, 6) is 0.855. The molecule has 0 radical (unpaired) electrons. The number of aliphatic hydroxyl groups is 1. The third-order valence-corrected chi connectivity index (χ3v) is 4.78. The number of aliphatic hydroxyl groups excluding tert-OH is 1. The van der Waals surface area contributed by atoms with Crippen LogP contribution < -0.4 is 10.1 Å². The normalized spacial score (nSPS) is 12.4. The first kappa shape index (κ1) is 17.4. The van der Waals surface area contributed by atoms with E-state index in [9.17, 15) is 5.11 Å². The van der Waals surface area contributed by atoms with Crippen LogP contribution in [-0.4, -0.2) is 28.9 Å². The van der Waals surface area contributed by atoms with Gasteiger partial charge in [0.15, 0.2) is 0 Å². The maximum atomic E-state index is 10.6. The minimum atomic E-state index is -0.504. The van der Waals surface area contributed by atoms with Gasteiger partial charge in [-0.15, -0.1) is 0 Å². The number of nitrogens with one attached hydrogen (secondary N) is 1. The number of hydrogen-bond donors (Lipinski definition) is 2. The SMILES string of the molecule is CCOc1ccc(NC[C@@H](O)Cn2c3ccccc3c3ccccc32)cc1. The fourth-order valence-corrected chi connectivity index (χ4v) is 3.55. The number of anilines is 1. The molecule has 0 fully saturated rings. The fraction of sp³-hybridized carbons (Fsp3) is 0.217. The van der Waals surface area contributed by atoms with Gasteiger partial charge in [0.05, 0.1) is 19.3 Å². The Labute approximate surface area is 159 Å². The minimum Gasteiger partial charge on any atom is -0.494 e. The van der Waals surface area contributed by atoms with Gasteiger partial charge in [-0.25, -0.2) is 0 Å². The van der Waals surface area contributed by atoms with Gasteiger partial charge < -0.3 is 19.7 Å². The number of aromatic nitrogens is 1. The zero-order valence-electron chi connectivity index (χ0n) is 15.4. The fourth-order valence-electron chi connectivity index (χ4n) is 3.55. The van der Waals surface area contributed by atoms with Crippen LogP contribution >= 0.6 is 0 Å². The Hall–Kier alpha value is -2.98. The van der Waals surface area contributed by atoms with Crippen LogP contribution in [0, 0.1) is 0 Å². The van der Waals surface area contributed by atoms with E-state index in [1.807, 2.05) is 43.3 Å². The van der Waals surface area contributed by atoms with E-state index < -0.39 is 6.10 Å². The van der Waals surface area contributed by atoms with E-state index in [0.29, 0.717) is 19.7 Å². The molecular formula is C23H24N2O2. The van der Waals surface area contributed by atoms with E-state index in [4.69, 9.17) is 4.74 Å². The molecule has 2 N–H and O–H groups in total. The number of hydrogen-bond acceptors (Lipinski definition) is 3. The molecule has 4 rings (SSSR count). The predicted molar refractivity (Wildman–Crippen MR) is 112 cm³/mol. The molecule has 0 aliphatic heterocycles. The number of nitrogens with zero attached hydrogens (tertiary/aromatic N) is 1. The molecule has 0 aliphatic carbocycles. The third kappa shape index (κ3) is 3.62. The quantitative estimate of drug-likeness (QED) is 0.504. The molecular weight excluding hydrogens is 336 g/mol. The van der Waals surface area contributed by atoms with Gasteiger partial charge in [0.2, 0.25) is 0 Å². The summed E-state index contributed by atoms with van der Waals surface area (Å²) in [6.07, 6.45) is -0.504. The van der Waals surface area contributed by atoms with E-state index >= 15 is 0 Å². The molecule has 138 valence electrons. The first-order valence-corrected chi connectivity index (χ1v) is 9.37. The van der Waals surface area contributed by atoms with Crippen LogP contribution in [0.5, 0.6) is 5.75 Å². The number of rotatable bonds is 7. The molecule has 27 heavy (non-hydrogen) atoms. The second-order valence-corrected chi connectivity index (χ2v) is 6.64. The summed E-state index contributed by atoms with van der Waals surface area (Å²) in [6.45, 7) is 3.65. The second-order valence-electron chi connectivity index (χ2n) is 6.64. The molecule has 4 heteroatoms. The molecule has 1 aromatic heterocycles. The second kappa shape index (κ2) is 7.72. The molecule has 1 heterocycles. The highest BCUT2D eigenvalue weighted by Gasteiger charge is 2.13. The topological polar surface area (TPSA) is 46.4 Å². The van der Waals surface area contributed by atoms with Crippen LogP contribution in [0.1, 0.15) is 6.92 Å². The van der Waals surface area contributed by atoms with Crippen molar-refractivity contribution in [1.82, 2.24) is 4.57 Å². The Morgan fingerprint density at radius 3 is 2.07 bits per heavy atom. The lowest BCUT2D eigenvalue weighted by molar-refractivity contribution is 0.169. The number of fused-ring (bicyclic) bond motifs is 3. The average Bonchev–Trinajstić information content (AvgIpc) is 3.02. The molecule has 3 aromatic carbocycles. The zero-order valence-corrected chi connectivity index (χ0v) is 15.4. The van der Waals surface area contributed by atoms with E-state index in [1.54, 1.807) is 0 Å². The number of benzene rings is 3. The molecule has 0 unspecified atom stereocenters. The zero-order chi connectivity index (χ0) is 18.6. The molecule has 0 bridgehead atoms. The molecule has 4 aromatic rings. The highest BCUT2D eigenvalue weighted by molar-refractivity contribution is 6.07. The highest BCUT2D eigenvalue weighted by atomic mass is 16.5. The van der Waals surface area contributed by atoms with Crippen molar-refractivity contribution in [2.45, 2.75) is 19.6 Å². The molecule has 0 saturated carbocycles. The van der Waals surface area contributed by atoms with Crippen molar-refractivity contribution in [3.63, 3.8) is 0 Å². The van der Waals surface area contributed by atoms with Crippen LogP contribution in [0.4, 0.5) is 5.69 Å². The van der Waals surface area contributed by atoms with Gasteiger partial charge in [0, 0.05) is 34.0 Å². The van der Waals surface area contributed by atoms with Crippen molar-refractivity contribution in [1.29, 1.82) is 0 Å². The van der Waals surface area contributed by atoms with Gasteiger partial charge in [0.1, 0.15) is 5.75 Å². The van der Waals surface area contributed by atoms with Gasteiger partial charge in [0.25, 0.3) is 0 Å². The molecule has 0 aliphatic rings. The number of ether oxygens (including phenoxy) is 1. The van der Waals surface area contributed by atoms with Crippen LogP contribution in [-0.2, 0) is 6.54 Å². The standard InChI is InChI=1S/C23H24N2O2/c1-2-27-19-13-11-17(12-14-19)24-15-18(26)16-25-22-9-5-3-7-20(22)21-8-4-6-10-23(21)25/h3-14,18,24,26H,2,15-16H2,1H3/t18-/m1/s1. The molecule has 4 nitrogen and oxygen atoms in total. The third-order valence-electron chi connectivity index (χ3n) is 4.78. The summed E-state index contributed by atoms with van der Waals surface area (Å²) >= 11 is 0. The van der Waals surface area contributed by atoms with Crippen LogP contribution in [0.15, 0.2) is 72.8 Å². The van der Waals surface area contributed by atoms with Crippen molar-refractivity contribution in [3.8, 4) is 5.75 Å². The largest absolute Gasteiger partial charge is 0.494 e. The first-order valence-electron chi connectivity index (χ1n) is 9.37. The Bertz CT molecular complexity index is 984. The molecule has 1 atom stereocenters. The smallest absolute Gasteiger partial charge is 0.119 e. The van der Waals surface area contributed by atoms with E-state index in [0.717, 1.165) is 22.5 Å². The van der Waals surface area contributed by atoms with Crippen LogP contribution in [0.2, 0.25) is 0 Å². The van der Waals surface area contributed by atoms with Crippen molar-refractivity contribution >= 4 is 27.5 Å². The maximum Gasteiger partial charge on any atom is 0.119 e. The molecule has 0 amide bonds. The summed E-state index contributed by atoms with van der Waals surface area (Å²) in [6, 6.07) is 24.5. The lowest BCUT2D eigenvalue weighted by Gasteiger charge is -2.16. The molecule has 0 saturated heterocycles. The highest BCUT2D eigenvalue weighted by Crippen LogP contribution is 2.28. The van der Waals surface area contributed by atoms with Crippen molar-refractivity contribution in [2.75, 3.05) is 18.5 Å². The van der Waals surface area contributed by atoms with Gasteiger partial charge in [-0.2, -0.15) is 0 Å². The van der Waals surface area contributed by atoms with Gasteiger partial charge >= 0.3 is 0 Å². The monoisotopic (exact) mass is 360 g/mol. The summed E-state index contributed by atoms with van der Waals surface area (Å²) in [5, 5.41) is 16.4. The number of para-hydroxylation sites is 2. The van der Waals surface area contributed by atoms with Crippen molar-refractivity contribution in [3.05, 3.63) is 72.8 Å². The first-order chi connectivity index (χ1) is 13.3. The Morgan fingerprint density at radius 2 is 1.48 bits per heavy atom. The van der Waals surface area contributed by atoms with Crippen molar-refractivity contribution in [2.24, 2.45) is 0 Å². The van der Waals surface area contributed by atoms with Crippen LogP contribution in [0.25, 0.3) is 21.8 Å². The summed E-state index contributed by atoms with van der Waals surface area (Å²) in [5.41, 5.74) is 3.28. The van der Waals surface area contributed by atoms with E-state index in [-0.39, 0.29) is 0 Å². The minimum absolute atomic E-state index is 0.481. The van der Waals surface area contributed by atoms with E-state index in [1.165, 1.54) is 10.8 Å². The van der Waals surface area contributed by atoms with Gasteiger partial charge in [-0.1, -0.05) is 36.4 Å². The Balaban J connectivity index is 1.50. The lowest BCUT2D eigenvalue weighted by atomic mass is 10.2. The Morgan fingerprint density at radius 1 is 0.889 bits per heavy atom. The van der Waals surface area contributed by atoms with Gasteiger partial charge in [-0.05, 0) is 43.3 Å². The van der Waals surface area contributed by atoms with E-state index in [2.05, 4.69) is 46.3 Å². The Kier molecular flexibility index (Phi) is 4.99. The summed E-state index contributed by atoms with van der Waals surface area (Å²) in [4.78, 5) is 0. The lowest BCUT2D eigenvalue weighted by Crippen LogP contribution is -2.24. The maximum absolute atomic E-state index is 10.6. The van der Waals surface area contributed by atoms with Crippen LogP contribution in [0.3, 0.4) is 0 Å². The summed E-state index contributed by atoms with van der Waals surface area (Å²) < 4.78 is 7.66. The predicted octanol–water partition coefficient (Wildman–Crippen LogP) is 4.67. The summed E-state index contributed by atoms with van der Waals surface area (Å²) in [7, 11) is 0.